The predicted molar refractivity (Wildman–Crippen MR) is 114 cm³/mol. The van der Waals surface area contributed by atoms with E-state index in [-0.39, 0.29) is 12.4 Å². The van der Waals surface area contributed by atoms with Gasteiger partial charge in [-0.3, -0.25) is 4.90 Å². The van der Waals surface area contributed by atoms with Crippen molar-refractivity contribution in [2.24, 2.45) is 0 Å². The molecule has 0 atom stereocenters. The van der Waals surface area contributed by atoms with Gasteiger partial charge in [-0.05, 0) is 38.6 Å². The van der Waals surface area contributed by atoms with Crippen molar-refractivity contribution in [3.8, 4) is 0 Å². The van der Waals surface area contributed by atoms with Crippen LogP contribution in [0.2, 0.25) is 0 Å². The number of unbranched alkanes of at least 4 members (excludes halogenated alkanes) is 12. The molecule has 1 aliphatic rings. The summed E-state index contributed by atoms with van der Waals surface area (Å²) in [7, 11) is 0. The second kappa shape index (κ2) is 20.3. The number of halogens is 1. The van der Waals surface area contributed by atoms with Crippen molar-refractivity contribution in [1.29, 1.82) is 0 Å². The maximum atomic E-state index is 5.39. The molecule has 2 nitrogen and oxygen atoms in total. The van der Waals surface area contributed by atoms with Gasteiger partial charge in [0.25, 0.3) is 0 Å². The Morgan fingerprint density at radius 2 is 1.16 bits per heavy atom. The van der Waals surface area contributed by atoms with Gasteiger partial charge in [0.2, 0.25) is 0 Å². The van der Waals surface area contributed by atoms with E-state index in [0.29, 0.717) is 0 Å². The fraction of sp³-hybridized carbons (Fsp3) is 0.909. The summed E-state index contributed by atoms with van der Waals surface area (Å²) in [5.74, 6) is 0. The van der Waals surface area contributed by atoms with Crippen LogP contribution in [0.4, 0.5) is 0 Å². The van der Waals surface area contributed by atoms with Crippen molar-refractivity contribution in [2.45, 2.75) is 96.8 Å². The molecule has 25 heavy (non-hydrogen) atoms. The van der Waals surface area contributed by atoms with Gasteiger partial charge in [-0.25, -0.2) is 0 Å². The van der Waals surface area contributed by atoms with Crippen molar-refractivity contribution in [1.82, 2.24) is 4.90 Å². The molecule has 150 valence electrons. The number of hydrogen-bond donors (Lipinski definition) is 0. The fourth-order valence-corrected chi connectivity index (χ4v) is 3.41. The van der Waals surface area contributed by atoms with Crippen LogP contribution < -0.4 is 0 Å². The Morgan fingerprint density at radius 1 is 0.680 bits per heavy atom. The van der Waals surface area contributed by atoms with Gasteiger partial charge in [-0.1, -0.05) is 76.9 Å². The van der Waals surface area contributed by atoms with E-state index in [1.54, 1.807) is 0 Å². The molecule has 0 saturated carbocycles. The molecule has 0 aromatic rings. The molecule has 0 radical (unpaired) electrons. The van der Waals surface area contributed by atoms with Crippen LogP contribution in [-0.2, 0) is 4.74 Å². The molecule has 0 aliphatic carbocycles. The zero-order valence-corrected chi connectivity index (χ0v) is 17.7. The van der Waals surface area contributed by atoms with Crippen LogP contribution >= 0.6 is 12.4 Å². The van der Waals surface area contributed by atoms with E-state index in [1.165, 1.54) is 96.4 Å². The van der Waals surface area contributed by atoms with Gasteiger partial charge in [-0.15, -0.1) is 12.4 Å². The normalized spacial score (nSPS) is 15.6. The van der Waals surface area contributed by atoms with Crippen molar-refractivity contribution < 1.29 is 4.74 Å². The van der Waals surface area contributed by atoms with Gasteiger partial charge in [0.15, 0.2) is 0 Å². The largest absolute Gasteiger partial charge is 0.379 e. The standard InChI is InChI=1S/C22H43NO.ClH/c1-2-3-4-5-6-7-8-9-10-11-12-13-14-15-16-17-18-23-19-21-24-22-20-23;/h9-10H,2-8,11-22H2,1H3;1H/b10-9-;. The average molecular weight is 374 g/mol. The molecule has 1 rings (SSSR count). The second-order valence-corrected chi connectivity index (χ2v) is 7.39. The molecule has 1 fully saturated rings. The first-order valence-corrected chi connectivity index (χ1v) is 10.9. The third kappa shape index (κ3) is 17.1. The minimum absolute atomic E-state index is 0. The highest BCUT2D eigenvalue weighted by molar-refractivity contribution is 5.85. The Kier molecular flexibility index (Phi) is 20.2. The Balaban J connectivity index is 0.00000576. The summed E-state index contributed by atoms with van der Waals surface area (Å²) in [5, 5.41) is 0. The van der Waals surface area contributed by atoms with Crippen LogP contribution in [0, 0.1) is 0 Å². The summed E-state index contributed by atoms with van der Waals surface area (Å²) < 4.78 is 5.39. The summed E-state index contributed by atoms with van der Waals surface area (Å²) >= 11 is 0. The topological polar surface area (TPSA) is 12.5 Å². The SMILES string of the molecule is CCCCCCCC/C=C\CCCCCCCCN1CCOCC1.Cl. The van der Waals surface area contributed by atoms with E-state index in [2.05, 4.69) is 24.0 Å². The highest BCUT2D eigenvalue weighted by Crippen LogP contribution is 2.10. The second-order valence-electron chi connectivity index (χ2n) is 7.39. The van der Waals surface area contributed by atoms with Gasteiger partial charge < -0.3 is 4.74 Å². The monoisotopic (exact) mass is 373 g/mol. The lowest BCUT2D eigenvalue weighted by molar-refractivity contribution is 0.0371. The number of morpholine rings is 1. The molecular formula is C22H44ClNO. The molecule has 1 aliphatic heterocycles. The third-order valence-corrected chi connectivity index (χ3v) is 5.09. The Hall–Kier alpha value is -0.0500. The Labute approximate surface area is 164 Å². The first-order chi connectivity index (χ1) is 11.9. The van der Waals surface area contributed by atoms with Crippen LogP contribution in [0.3, 0.4) is 0 Å². The van der Waals surface area contributed by atoms with Crippen LogP contribution in [0.25, 0.3) is 0 Å². The van der Waals surface area contributed by atoms with Gasteiger partial charge in [0, 0.05) is 13.1 Å². The lowest BCUT2D eigenvalue weighted by atomic mass is 10.1. The van der Waals surface area contributed by atoms with E-state index in [0.717, 1.165) is 26.3 Å². The summed E-state index contributed by atoms with van der Waals surface area (Å²) in [6.07, 6.45) is 24.3. The number of hydrogen-bond acceptors (Lipinski definition) is 2. The smallest absolute Gasteiger partial charge is 0.0594 e. The number of ether oxygens (including phenoxy) is 1. The zero-order chi connectivity index (χ0) is 17.1. The van der Waals surface area contributed by atoms with E-state index < -0.39 is 0 Å². The maximum absolute atomic E-state index is 5.39. The molecule has 0 aromatic heterocycles. The molecular weight excluding hydrogens is 330 g/mol. The first-order valence-electron chi connectivity index (χ1n) is 10.9. The van der Waals surface area contributed by atoms with Gasteiger partial charge in [0.05, 0.1) is 13.2 Å². The predicted octanol–water partition coefficient (Wildman–Crippen LogP) is 6.78. The molecule has 0 bridgehead atoms. The number of allylic oxidation sites excluding steroid dienone is 2. The molecule has 0 aromatic carbocycles. The molecule has 0 spiro atoms. The summed E-state index contributed by atoms with van der Waals surface area (Å²) in [5.41, 5.74) is 0. The number of rotatable bonds is 16. The number of nitrogens with zero attached hydrogens (tertiary/aromatic N) is 1. The molecule has 3 heteroatoms. The maximum Gasteiger partial charge on any atom is 0.0594 e. The molecule has 1 heterocycles. The highest BCUT2D eigenvalue weighted by Gasteiger charge is 2.08. The quantitative estimate of drug-likeness (QED) is 0.218. The minimum atomic E-state index is 0. The van der Waals surface area contributed by atoms with E-state index >= 15 is 0 Å². The Bertz CT molecular complexity index is 277. The van der Waals surface area contributed by atoms with Crippen LogP contribution in [0.1, 0.15) is 96.8 Å². The van der Waals surface area contributed by atoms with Gasteiger partial charge >= 0.3 is 0 Å². The van der Waals surface area contributed by atoms with E-state index in [1.807, 2.05) is 0 Å². The Morgan fingerprint density at radius 3 is 1.72 bits per heavy atom. The van der Waals surface area contributed by atoms with E-state index in [4.69, 9.17) is 4.74 Å². The van der Waals surface area contributed by atoms with Crippen LogP contribution in [0.5, 0.6) is 0 Å². The molecule has 1 saturated heterocycles. The minimum Gasteiger partial charge on any atom is -0.379 e. The average Bonchev–Trinajstić information content (AvgIpc) is 2.62. The lowest BCUT2D eigenvalue weighted by Gasteiger charge is -2.26. The van der Waals surface area contributed by atoms with Gasteiger partial charge in [-0.2, -0.15) is 0 Å². The summed E-state index contributed by atoms with van der Waals surface area (Å²) in [4.78, 5) is 2.55. The van der Waals surface area contributed by atoms with E-state index in [9.17, 15) is 0 Å². The van der Waals surface area contributed by atoms with Crippen molar-refractivity contribution in [3.63, 3.8) is 0 Å². The van der Waals surface area contributed by atoms with Crippen LogP contribution in [0.15, 0.2) is 12.2 Å². The fourth-order valence-electron chi connectivity index (χ4n) is 3.41. The first kappa shape index (κ1) is 24.9. The van der Waals surface area contributed by atoms with Crippen LogP contribution in [-0.4, -0.2) is 37.7 Å². The van der Waals surface area contributed by atoms with Gasteiger partial charge in [0.1, 0.15) is 0 Å². The molecule has 0 unspecified atom stereocenters. The summed E-state index contributed by atoms with van der Waals surface area (Å²) in [6.45, 7) is 7.73. The van der Waals surface area contributed by atoms with Crippen molar-refractivity contribution >= 4 is 12.4 Å². The molecule has 0 amide bonds. The summed E-state index contributed by atoms with van der Waals surface area (Å²) in [6, 6.07) is 0. The highest BCUT2D eigenvalue weighted by atomic mass is 35.5. The van der Waals surface area contributed by atoms with Crippen molar-refractivity contribution in [2.75, 3.05) is 32.8 Å². The zero-order valence-electron chi connectivity index (χ0n) is 16.9. The lowest BCUT2D eigenvalue weighted by Crippen LogP contribution is -2.36. The third-order valence-electron chi connectivity index (χ3n) is 5.09. The molecule has 0 N–H and O–H groups in total. The van der Waals surface area contributed by atoms with Crippen molar-refractivity contribution in [3.05, 3.63) is 12.2 Å².